The molecule has 0 saturated heterocycles. The number of carbonyl (C=O) groups is 2. The Morgan fingerprint density at radius 3 is 2.81 bits per heavy atom. The first-order chi connectivity index (χ1) is 7.61. The Kier molecular flexibility index (Phi) is 4.44. The van der Waals surface area contributed by atoms with Gasteiger partial charge in [0.1, 0.15) is 0 Å². The average molecular weight is 222 g/mol. The Labute approximate surface area is 93.8 Å². The quantitative estimate of drug-likeness (QED) is 0.779. The van der Waals surface area contributed by atoms with Crippen LogP contribution in [0.1, 0.15) is 18.5 Å². The van der Waals surface area contributed by atoms with Gasteiger partial charge < -0.3 is 10.1 Å². The van der Waals surface area contributed by atoms with Crippen molar-refractivity contribution in [3.05, 3.63) is 24.0 Å². The zero-order chi connectivity index (χ0) is 12.0. The third-order valence-corrected chi connectivity index (χ3v) is 1.96. The average Bonchev–Trinajstić information content (AvgIpc) is 2.26. The van der Waals surface area contributed by atoms with Gasteiger partial charge in [-0.25, -0.2) is 0 Å². The van der Waals surface area contributed by atoms with E-state index in [2.05, 4.69) is 15.0 Å². The molecule has 0 aliphatic heterocycles. The number of hydrogen-bond donors (Lipinski definition) is 1. The Hall–Kier alpha value is -1.91. The number of amides is 1. The Morgan fingerprint density at radius 2 is 2.19 bits per heavy atom. The minimum atomic E-state index is -0.388. The minimum Gasteiger partial charge on any atom is -0.469 e. The number of rotatable bonds is 4. The summed E-state index contributed by atoms with van der Waals surface area (Å²) in [5, 5.41) is 2.68. The summed E-state index contributed by atoms with van der Waals surface area (Å²) in [7, 11) is 1.30. The van der Waals surface area contributed by atoms with Crippen molar-refractivity contribution < 1.29 is 14.3 Å². The van der Waals surface area contributed by atoms with E-state index in [9.17, 15) is 9.59 Å². The van der Waals surface area contributed by atoms with Crippen LogP contribution in [0.15, 0.2) is 18.3 Å². The van der Waals surface area contributed by atoms with Crippen molar-refractivity contribution in [1.29, 1.82) is 0 Å². The van der Waals surface area contributed by atoms with Crippen LogP contribution in [0.5, 0.6) is 0 Å². The van der Waals surface area contributed by atoms with E-state index in [0.29, 0.717) is 5.69 Å². The molecule has 16 heavy (non-hydrogen) atoms. The summed E-state index contributed by atoms with van der Waals surface area (Å²) in [4.78, 5) is 26.2. The van der Waals surface area contributed by atoms with Crippen molar-refractivity contribution in [3.63, 3.8) is 0 Å². The lowest BCUT2D eigenvalue weighted by molar-refractivity contribution is -0.141. The number of carbonyl (C=O) groups excluding carboxylic acids is 2. The van der Waals surface area contributed by atoms with E-state index in [-0.39, 0.29) is 24.7 Å². The number of hydrogen-bond acceptors (Lipinski definition) is 4. The molecule has 1 heterocycles. The summed E-state index contributed by atoms with van der Waals surface area (Å²) >= 11 is 0. The Balaban J connectivity index is 2.43. The van der Waals surface area contributed by atoms with Gasteiger partial charge in [0.25, 0.3) is 0 Å². The summed E-state index contributed by atoms with van der Waals surface area (Å²) < 4.78 is 4.44. The third-order valence-electron chi connectivity index (χ3n) is 1.96. The fraction of sp³-hybridized carbons (Fsp3) is 0.364. The highest BCUT2D eigenvalue weighted by Crippen LogP contribution is 2.07. The lowest BCUT2D eigenvalue weighted by atomic mass is 10.2. The second-order valence-electron chi connectivity index (χ2n) is 3.31. The number of nitrogens with one attached hydrogen (secondary N) is 1. The van der Waals surface area contributed by atoms with Crippen LogP contribution in [0.25, 0.3) is 0 Å². The standard InChI is InChI=1S/C11H14N2O3/c1-8-7-9(5-6-12-8)13-10(14)3-4-11(15)16-2/h5-7H,3-4H2,1-2H3,(H,12,13,14). The highest BCUT2D eigenvalue weighted by atomic mass is 16.5. The summed E-state index contributed by atoms with van der Waals surface area (Å²) in [5.41, 5.74) is 1.51. The highest BCUT2D eigenvalue weighted by molar-refractivity contribution is 5.92. The second-order valence-corrected chi connectivity index (χ2v) is 3.31. The van der Waals surface area contributed by atoms with Crippen LogP contribution in [0, 0.1) is 6.92 Å². The number of nitrogens with zero attached hydrogens (tertiary/aromatic N) is 1. The SMILES string of the molecule is COC(=O)CCC(=O)Nc1ccnc(C)c1. The number of esters is 1. The van der Waals surface area contributed by atoms with Gasteiger partial charge in [-0.2, -0.15) is 0 Å². The fourth-order valence-corrected chi connectivity index (χ4v) is 1.16. The maximum Gasteiger partial charge on any atom is 0.306 e. The number of aryl methyl sites for hydroxylation is 1. The van der Waals surface area contributed by atoms with Crippen LogP contribution in [-0.4, -0.2) is 24.0 Å². The van der Waals surface area contributed by atoms with Crippen LogP contribution in [0.2, 0.25) is 0 Å². The molecule has 0 bridgehead atoms. The smallest absolute Gasteiger partial charge is 0.306 e. The number of aromatic nitrogens is 1. The predicted molar refractivity (Wildman–Crippen MR) is 58.9 cm³/mol. The van der Waals surface area contributed by atoms with Crippen molar-refractivity contribution in [2.24, 2.45) is 0 Å². The molecule has 0 unspecified atom stereocenters. The van der Waals surface area contributed by atoms with Crippen molar-refractivity contribution in [2.45, 2.75) is 19.8 Å². The fourth-order valence-electron chi connectivity index (χ4n) is 1.16. The van der Waals surface area contributed by atoms with Gasteiger partial charge in [-0.15, -0.1) is 0 Å². The molecule has 0 aromatic carbocycles. The van der Waals surface area contributed by atoms with Crippen LogP contribution in [0.3, 0.4) is 0 Å². The van der Waals surface area contributed by atoms with Crippen LogP contribution >= 0.6 is 0 Å². The number of ether oxygens (including phenoxy) is 1. The van der Waals surface area contributed by atoms with E-state index >= 15 is 0 Å². The zero-order valence-corrected chi connectivity index (χ0v) is 9.32. The van der Waals surface area contributed by atoms with Gasteiger partial charge >= 0.3 is 5.97 Å². The summed E-state index contributed by atoms with van der Waals surface area (Å²) in [6, 6.07) is 3.46. The Morgan fingerprint density at radius 1 is 1.44 bits per heavy atom. The molecule has 5 nitrogen and oxygen atoms in total. The van der Waals surface area contributed by atoms with E-state index in [1.54, 1.807) is 18.3 Å². The highest BCUT2D eigenvalue weighted by Gasteiger charge is 2.06. The van der Waals surface area contributed by atoms with E-state index in [0.717, 1.165) is 5.69 Å². The van der Waals surface area contributed by atoms with Crippen molar-refractivity contribution in [1.82, 2.24) is 4.98 Å². The third kappa shape index (κ3) is 4.08. The second kappa shape index (κ2) is 5.85. The number of methoxy groups -OCH3 is 1. The molecule has 0 aliphatic rings. The van der Waals surface area contributed by atoms with Gasteiger partial charge in [-0.1, -0.05) is 0 Å². The summed E-state index contributed by atoms with van der Waals surface area (Å²) in [6.07, 6.45) is 1.83. The van der Waals surface area contributed by atoms with Gasteiger partial charge in [0.2, 0.25) is 5.91 Å². The largest absolute Gasteiger partial charge is 0.469 e. The van der Waals surface area contributed by atoms with Crippen molar-refractivity contribution in [3.8, 4) is 0 Å². The van der Waals surface area contributed by atoms with E-state index < -0.39 is 0 Å². The molecule has 0 spiro atoms. The van der Waals surface area contributed by atoms with Gasteiger partial charge in [0, 0.05) is 24.0 Å². The molecule has 1 aromatic rings. The molecule has 1 amide bonds. The lowest BCUT2D eigenvalue weighted by Crippen LogP contribution is -2.14. The topological polar surface area (TPSA) is 68.3 Å². The maximum absolute atomic E-state index is 11.4. The zero-order valence-electron chi connectivity index (χ0n) is 9.32. The molecule has 0 aliphatic carbocycles. The molecular formula is C11H14N2O3. The molecule has 1 rings (SSSR count). The molecule has 5 heteroatoms. The summed E-state index contributed by atoms with van der Waals surface area (Å²) in [6.45, 7) is 1.84. The molecule has 1 N–H and O–H groups in total. The lowest BCUT2D eigenvalue weighted by Gasteiger charge is -2.04. The monoisotopic (exact) mass is 222 g/mol. The molecule has 0 atom stereocenters. The first kappa shape index (κ1) is 12.2. The first-order valence-corrected chi connectivity index (χ1v) is 4.91. The molecule has 0 radical (unpaired) electrons. The van der Waals surface area contributed by atoms with Crippen LogP contribution < -0.4 is 5.32 Å². The van der Waals surface area contributed by atoms with E-state index in [1.807, 2.05) is 6.92 Å². The first-order valence-electron chi connectivity index (χ1n) is 4.91. The number of anilines is 1. The molecular weight excluding hydrogens is 208 g/mol. The predicted octanol–water partition coefficient (Wildman–Crippen LogP) is 1.28. The van der Waals surface area contributed by atoms with Gasteiger partial charge in [0.05, 0.1) is 13.5 Å². The van der Waals surface area contributed by atoms with Crippen molar-refractivity contribution in [2.75, 3.05) is 12.4 Å². The summed E-state index contributed by atoms with van der Waals surface area (Å²) in [5.74, 6) is -0.600. The normalized spacial score (nSPS) is 9.62. The number of pyridine rings is 1. The Bertz CT molecular complexity index is 391. The van der Waals surface area contributed by atoms with E-state index in [4.69, 9.17) is 0 Å². The molecule has 0 fully saturated rings. The van der Waals surface area contributed by atoms with Gasteiger partial charge in [-0.05, 0) is 19.1 Å². The van der Waals surface area contributed by atoms with Gasteiger partial charge in [0.15, 0.2) is 0 Å². The van der Waals surface area contributed by atoms with Gasteiger partial charge in [-0.3, -0.25) is 14.6 Å². The molecule has 0 saturated carbocycles. The molecule has 1 aromatic heterocycles. The van der Waals surface area contributed by atoms with Crippen molar-refractivity contribution >= 4 is 17.6 Å². The van der Waals surface area contributed by atoms with Crippen LogP contribution in [0.4, 0.5) is 5.69 Å². The molecule has 86 valence electrons. The van der Waals surface area contributed by atoms with Crippen LogP contribution in [-0.2, 0) is 14.3 Å². The van der Waals surface area contributed by atoms with E-state index in [1.165, 1.54) is 7.11 Å². The minimum absolute atomic E-state index is 0.0897. The maximum atomic E-state index is 11.4.